The van der Waals surface area contributed by atoms with Crippen molar-refractivity contribution in [2.24, 2.45) is 5.16 Å². The van der Waals surface area contributed by atoms with Gasteiger partial charge in [-0.3, -0.25) is 4.79 Å². The Kier molecular flexibility index (Phi) is 8.39. The van der Waals surface area contributed by atoms with Crippen molar-refractivity contribution in [3.05, 3.63) is 82.4 Å². The molecule has 3 aromatic rings. The normalized spacial score (nSPS) is 16.2. The molecule has 0 radical (unpaired) electrons. The zero-order valence-electron chi connectivity index (χ0n) is 24.9. The van der Waals surface area contributed by atoms with Gasteiger partial charge in [-0.25, -0.2) is 4.79 Å². The maximum atomic E-state index is 14.4. The minimum absolute atomic E-state index is 0.314. The number of methoxy groups -OCH3 is 1. The molecule has 1 aliphatic heterocycles. The molecule has 1 saturated carbocycles. The van der Waals surface area contributed by atoms with Gasteiger partial charge in [0.05, 0.1) is 12.8 Å². The number of carbonyl (C=O) groups is 2. The molecule has 1 aliphatic carbocycles. The topological polar surface area (TPSA) is 110 Å². The van der Waals surface area contributed by atoms with Crippen LogP contribution in [0.4, 0.5) is 24.5 Å². The van der Waals surface area contributed by atoms with E-state index in [1.807, 2.05) is 0 Å². The Morgan fingerprint density at radius 2 is 1.73 bits per heavy atom. The number of anilines is 2. The molecule has 1 amide bonds. The molecule has 1 spiro atoms. The fraction of sp³-hybridized carbons (Fsp3) is 0.344. The summed E-state index contributed by atoms with van der Waals surface area (Å²) in [6.07, 6.45) is -3.37. The number of ether oxygens (including phenoxy) is 2. The number of oxime groups is 1. The van der Waals surface area contributed by atoms with Crippen molar-refractivity contribution in [2.45, 2.75) is 57.0 Å². The highest BCUT2D eigenvalue weighted by atomic mass is 35.5. The standard InChI is InChI=1S/C32H31ClF3N3O6/c1-18(38-45-30(2,3)29(41)42)20-13-22(15-24(14-20)43-4)37-27(19-5-7-21(33)8-6-19)28(40)39-17-31(11-12-31)25-16-23(9-10-26(25)39)44-32(34,35)36/h5-10,13-16,27,37H,11-12,17H2,1-4H3,(H,41,42). The predicted molar refractivity (Wildman–Crippen MR) is 162 cm³/mol. The van der Waals surface area contributed by atoms with Crippen molar-refractivity contribution in [2.75, 3.05) is 23.9 Å². The Morgan fingerprint density at radius 3 is 2.33 bits per heavy atom. The first kappa shape index (κ1) is 32.0. The van der Waals surface area contributed by atoms with E-state index in [0.717, 1.165) is 12.8 Å². The van der Waals surface area contributed by atoms with Crippen molar-refractivity contribution < 1.29 is 42.2 Å². The number of rotatable bonds is 10. The van der Waals surface area contributed by atoms with E-state index in [9.17, 15) is 27.9 Å². The van der Waals surface area contributed by atoms with E-state index in [-0.39, 0.29) is 11.7 Å². The van der Waals surface area contributed by atoms with Gasteiger partial charge in [0.2, 0.25) is 5.60 Å². The summed E-state index contributed by atoms with van der Waals surface area (Å²) in [7, 11) is 1.48. The van der Waals surface area contributed by atoms with Gasteiger partial charge in [0.1, 0.15) is 17.5 Å². The van der Waals surface area contributed by atoms with Crippen LogP contribution in [0.1, 0.15) is 56.3 Å². The molecule has 2 aliphatic rings. The second-order valence-corrected chi connectivity index (χ2v) is 12.0. The zero-order chi connectivity index (χ0) is 32.7. The van der Waals surface area contributed by atoms with Crippen LogP contribution in [-0.2, 0) is 19.8 Å². The van der Waals surface area contributed by atoms with Gasteiger partial charge >= 0.3 is 12.3 Å². The largest absolute Gasteiger partial charge is 0.573 e. The van der Waals surface area contributed by atoms with E-state index >= 15 is 0 Å². The number of hydrogen-bond acceptors (Lipinski definition) is 7. The van der Waals surface area contributed by atoms with Gasteiger partial charge in [-0.1, -0.05) is 28.9 Å². The third-order valence-corrected chi connectivity index (χ3v) is 8.14. The van der Waals surface area contributed by atoms with Crippen molar-refractivity contribution in [1.82, 2.24) is 0 Å². The molecule has 13 heteroatoms. The molecule has 45 heavy (non-hydrogen) atoms. The lowest BCUT2D eigenvalue weighted by Crippen LogP contribution is -2.38. The van der Waals surface area contributed by atoms with Gasteiger partial charge in [0.25, 0.3) is 5.91 Å². The van der Waals surface area contributed by atoms with Crippen molar-refractivity contribution in [3.8, 4) is 11.5 Å². The molecule has 5 rings (SSSR count). The van der Waals surface area contributed by atoms with Gasteiger partial charge < -0.3 is 29.6 Å². The molecule has 3 aromatic carbocycles. The number of halogens is 4. The number of nitrogens with zero attached hydrogens (tertiary/aromatic N) is 2. The Balaban J connectivity index is 1.49. The Morgan fingerprint density at radius 1 is 1.04 bits per heavy atom. The van der Waals surface area contributed by atoms with E-state index in [1.165, 1.54) is 39.2 Å². The summed E-state index contributed by atoms with van der Waals surface area (Å²) >= 11 is 6.15. The zero-order valence-corrected chi connectivity index (χ0v) is 25.6. The highest BCUT2D eigenvalue weighted by Gasteiger charge is 2.54. The monoisotopic (exact) mass is 645 g/mol. The quantitative estimate of drug-likeness (QED) is 0.179. The molecule has 0 saturated heterocycles. The molecular formula is C32H31ClF3N3O6. The molecule has 238 valence electrons. The lowest BCUT2D eigenvalue weighted by Gasteiger charge is -2.27. The van der Waals surface area contributed by atoms with Gasteiger partial charge in [0, 0.05) is 40.0 Å². The lowest BCUT2D eigenvalue weighted by atomic mass is 9.98. The van der Waals surface area contributed by atoms with Crippen LogP contribution < -0.4 is 19.7 Å². The summed E-state index contributed by atoms with van der Waals surface area (Å²) in [5, 5.41) is 17.1. The van der Waals surface area contributed by atoms with Crippen LogP contribution in [0.5, 0.6) is 11.5 Å². The number of fused-ring (bicyclic) bond motifs is 2. The van der Waals surface area contributed by atoms with Crippen LogP contribution in [0.15, 0.2) is 65.8 Å². The summed E-state index contributed by atoms with van der Waals surface area (Å²) in [5.41, 5.74) is 1.18. The number of aliphatic carboxylic acids is 1. The summed E-state index contributed by atoms with van der Waals surface area (Å²) in [6.45, 7) is 4.71. The average Bonchev–Trinajstić information content (AvgIpc) is 3.70. The number of carbonyl (C=O) groups excluding carboxylic acids is 1. The van der Waals surface area contributed by atoms with Gasteiger partial charge in [-0.05, 0) is 87.2 Å². The maximum Gasteiger partial charge on any atom is 0.573 e. The molecule has 1 unspecified atom stereocenters. The van der Waals surface area contributed by atoms with E-state index in [1.54, 1.807) is 54.3 Å². The number of carboxylic acids is 1. The highest BCUT2D eigenvalue weighted by Crippen LogP contribution is 2.57. The third-order valence-electron chi connectivity index (χ3n) is 7.89. The molecule has 1 heterocycles. The van der Waals surface area contributed by atoms with Crippen LogP contribution in [-0.4, -0.2) is 48.3 Å². The van der Waals surface area contributed by atoms with E-state index in [0.29, 0.717) is 51.1 Å². The summed E-state index contributed by atoms with van der Waals surface area (Å²) < 4.78 is 48.5. The predicted octanol–water partition coefficient (Wildman–Crippen LogP) is 7.08. The maximum absolute atomic E-state index is 14.4. The molecule has 2 N–H and O–H groups in total. The van der Waals surface area contributed by atoms with Crippen molar-refractivity contribution in [1.29, 1.82) is 0 Å². The summed E-state index contributed by atoms with van der Waals surface area (Å²) in [4.78, 5) is 32.7. The molecule has 9 nitrogen and oxygen atoms in total. The fourth-order valence-corrected chi connectivity index (χ4v) is 5.30. The minimum Gasteiger partial charge on any atom is -0.497 e. The van der Waals surface area contributed by atoms with Gasteiger partial charge in [-0.2, -0.15) is 0 Å². The highest BCUT2D eigenvalue weighted by molar-refractivity contribution is 6.30. The molecular weight excluding hydrogens is 615 g/mol. The second kappa shape index (κ2) is 11.8. The number of hydrogen-bond donors (Lipinski definition) is 2. The van der Waals surface area contributed by atoms with Gasteiger partial charge in [0.15, 0.2) is 0 Å². The van der Waals surface area contributed by atoms with Gasteiger partial charge in [-0.15, -0.1) is 13.2 Å². The van der Waals surface area contributed by atoms with Crippen LogP contribution in [0.2, 0.25) is 5.02 Å². The second-order valence-electron chi connectivity index (χ2n) is 11.6. The Labute approximate surface area is 262 Å². The van der Waals surface area contributed by atoms with E-state index in [2.05, 4.69) is 15.2 Å². The first-order chi connectivity index (χ1) is 21.1. The number of nitrogens with one attached hydrogen (secondary N) is 1. The number of benzene rings is 3. The van der Waals surface area contributed by atoms with Crippen molar-refractivity contribution in [3.63, 3.8) is 0 Å². The van der Waals surface area contributed by atoms with E-state index in [4.69, 9.17) is 21.2 Å². The lowest BCUT2D eigenvalue weighted by molar-refractivity contribution is -0.274. The smallest absolute Gasteiger partial charge is 0.497 e. The first-order valence-corrected chi connectivity index (χ1v) is 14.4. The van der Waals surface area contributed by atoms with Crippen LogP contribution >= 0.6 is 11.6 Å². The molecule has 0 aromatic heterocycles. The average molecular weight is 646 g/mol. The minimum atomic E-state index is -4.83. The number of carboxylic acid groups (broad SMARTS) is 1. The number of alkyl halides is 3. The SMILES string of the molecule is COc1cc(NC(C(=O)N2CC3(CC3)c3cc(OC(F)(F)F)ccc32)c2ccc(Cl)cc2)cc(C(C)=NOC(C)(C)C(=O)O)c1. The van der Waals surface area contributed by atoms with Crippen LogP contribution in [0.3, 0.4) is 0 Å². The summed E-state index contributed by atoms with van der Waals surface area (Å²) in [6, 6.07) is 15.0. The summed E-state index contributed by atoms with van der Waals surface area (Å²) in [5.74, 6) is -1.40. The molecule has 1 fully saturated rings. The fourth-order valence-electron chi connectivity index (χ4n) is 5.17. The Bertz CT molecular complexity index is 1650. The Hall–Kier alpha value is -4.45. The molecule has 1 atom stereocenters. The molecule has 0 bridgehead atoms. The van der Waals surface area contributed by atoms with Crippen LogP contribution in [0, 0.1) is 0 Å². The number of amides is 1. The third kappa shape index (κ3) is 6.95. The van der Waals surface area contributed by atoms with Crippen LogP contribution in [0.25, 0.3) is 0 Å². The van der Waals surface area contributed by atoms with Crippen molar-refractivity contribution >= 4 is 40.6 Å². The van der Waals surface area contributed by atoms with E-state index < -0.39 is 29.4 Å². The first-order valence-electron chi connectivity index (χ1n) is 14.0.